The summed E-state index contributed by atoms with van der Waals surface area (Å²) in [6.45, 7) is 0.629. The number of hydrogen-bond acceptors (Lipinski definition) is 4. The molecule has 0 saturated carbocycles. The minimum atomic E-state index is -0.0122. The van der Waals surface area contributed by atoms with Crippen LogP contribution in [0.5, 0.6) is 0 Å². The summed E-state index contributed by atoms with van der Waals surface area (Å²) >= 11 is 0. The lowest BCUT2D eigenvalue weighted by Gasteiger charge is -2.14. The molecule has 0 aliphatic heterocycles. The molecule has 3 rings (SSSR count). The van der Waals surface area contributed by atoms with Gasteiger partial charge in [-0.1, -0.05) is 12.1 Å². The van der Waals surface area contributed by atoms with Crippen molar-refractivity contribution in [1.29, 1.82) is 0 Å². The smallest absolute Gasteiger partial charge is 0.200 e. The van der Waals surface area contributed by atoms with E-state index in [2.05, 4.69) is 0 Å². The molecule has 1 aromatic heterocycles. The summed E-state index contributed by atoms with van der Waals surface area (Å²) < 4.78 is 5.93. The molecule has 0 fully saturated rings. The Kier molecular flexibility index (Phi) is 2.95. The first-order valence-corrected chi connectivity index (χ1v) is 6.45. The van der Waals surface area contributed by atoms with Crippen molar-refractivity contribution in [3.8, 4) is 0 Å². The van der Waals surface area contributed by atoms with Gasteiger partial charge in [0.05, 0.1) is 10.8 Å². The average Bonchev–Trinajstić information content (AvgIpc) is 2.42. The fourth-order valence-electron chi connectivity index (χ4n) is 2.42. The van der Waals surface area contributed by atoms with Gasteiger partial charge in [0, 0.05) is 17.8 Å². The van der Waals surface area contributed by atoms with Crippen molar-refractivity contribution >= 4 is 27.6 Å². The molecular formula is C16H16N2O2. The van der Waals surface area contributed by atoms with E-state index in [0.717, 1.165) is 5.56 Å². The van der Waals surface area contributed by atoms with E-state index in [4.69, 9.17) is 10.2 Å². The van der Waals surface area contributed by atoms with Crippen molar-refractivity contribution in [1.82, 2.24) is 4.90 Å². The Morgan fingerprint density at radius 3 is 2.60 bits per heavy atom. The van der Waals surface area contributed by atoms with E-state index >= 15 is 0 Å². The van der Waals surface area contributed by atoms with Crippen LogP contribution >= 0.6 is 0 Å². The predicted molar refractivity (Wildman–Crippen MR) is 81.8 cm³/mol. The van der Waals surface area contributed by atoms with Crippen molar-refractivity contribution in [3.63, 3.8) is 0 Å². The number of rotatable bonds is 2. The minimum Gasteiger partial charge on any atom is -0.455 e. The first-order chi connectivity index (χ1) is 9.58. The normalized spacial score (nSPS) is 11.6. The number of fused-ring (bicyclic) bond motifs is 2. The van der Waals surface area contributed by atoms with Crippen LogP contribution in [0.25, 0.3) is 21.9 Å². The monoisotopic (exact) mass is 268 g/mol. The zero-order chi connectivity index (χ0) is 14.3. The first kappa shape index (κ1) is 12.7. The van der Waals surface area contributed by atoms with E-state index < -0.39 is 0 Å². The molecule has 1 heterocycles. The number of benzene rings is 2. The molecule has 0 aliphatic carbocycles. The van der Waals surface area contributed by atoms with E-state index in [1.54, 1.807) is 24.3 Å². The Bertz CT molecular complexity index is 850. The number of para-hydroxylation sites is 1. The van der Waals surface area contributed by atoms with E-state index in [1.807, 2.05) is 31.1 Å². The molecule has 0 aliphatic rings. The highest BCUT2D eigenvalue weighted by molar-refractivity contribution is 5.93. The molecule has 102 valence electrons. The maximum atomic E-state index is 12.5. The second-order valence-corrected chi connectivity index (χ2v) is 5.18. The van der Waals surface area contributed by atoms with E-state index in [1.165, 1.54) is 0 Å². The van der Waals surface area contributed by atoms with Gasteiger partial charge in [0.25, 0.3) is 0 Å². The third kappa shape index (κ3) is 1.94. The van der Waals surface area contributed by atoms with Gasteiger partial charge >= 0.3 is 0 Å². The highest BCUT2D eigenvalue weighted by atomic mass is 16.3. The zero-order valence-corrected chi connectivity index (χ0v) is 11.5. The van der Waals surface area contributed by atoms with Crippen molar-refractivity contribution in [3.05, 3.63) is 52.2 Å². The molecule has 0 atom stereocenters. The maximum absolute atomic E-state index is 12.5. The molecule has 0 amide bonds. The average molecular weight is 268 g/mol. The number of hydrogen-bond donors (Lipinski definition) is 1. The van der Waals surface area contributed by atoms with Crippen LogP contribution in [0.4, 0.5) is 5.69 Å². The number of nitrogens with two attached hydrogens (primary N) is 1. The number of anilines is 1. The van der Waals surface area contributed by atoms with Crippen molar-refractivity contribution in [2.24, 2.45) is 0 Å². The van der Waals surface area contributed by atoms with Gasteiger partial charge in [-0.3, -0.25) is 4.79 Å². The molecule has 2 aromatic carbocycles. The Labute approximate surface area is 116 Å². The molecule has 0 radical (unpaired) electrons. The van der Waals surface area contributed by atoms with Crippen molar-refractivity contribution in [2.75, 3.05) is 19.8 Å². The molecular weight excluding hydrogens is 252 g/mol. The SMILES string of the molecule is CN(C)Cc1c(N)ccc2c(=O)c3ccccc3oc12. The van der Waals surface area contributed by atoms with Gasteiger partial charge in [-0.05, 0) is 38.4 Å². The van der Waals surface area contributed by atoms with Crippen molar-refractivity contribution < 1.29 is 4.42 Å². The molecule has 3 aromatic rings. The molecule has 0 spiro atoms. The summed E-state index contributed by atoms with van der Waals surface area (Å²) in [6.07, 6.45) is 0. The summed E-state index contributed by atoms with van der Waals surface area (Å²) in [4.78, 5) is 14.5. The summed E-state index contributed by atoms with van der Waals surface area (Å²) in [5, 5.41) is 1.18. The Hall–Kier alpha value is -2.33. The second kappa shape index (κ2) is 4.65. The fraction of sp³-hybridized carbons (Fsp3) is 0.188. The summed E-state index contributed by atoms with van der Waals surface area (Å²) in [7, 11) is 3.91. The van der Waals surface area contributed by atoms with Gasteiger partial charge in [0.15, 0.2) is 0 Å². The number of nitrogens with zero attached hydrogens (tertiary/aromatic N) is 1. The molecule has 0 unspecified atom stereocenters. The van der Waals surface area contributed by atoms with E-state index in [-0.39, 0.29) is 5.43 Å². The largest absolute Gasteiger partial charge is 0.455 e. The van der Waals surface area contributed by atoms with E-state index in [9.17, 15) is 4.79 Å². The molecule has 0 saturated heterocycles. The minimum absolute atomic E-state index is 0.0122. The van der Waals surface area contributed by atoms with Crippen LogP contribution in [0.15, 0.2) is 45.6 Å². The summed E-state index contributed by atoms with van der Waals surface area (Å²) in [6, 6.07) is 10.8. The quantitative estimate of drug-likeness (QED) is 0.573. The topological polar surface area (TPSA) is 59.5 Å². The standard InChI is InChI=1S/C16H16N2O2/c1-18(2)9-12-13(17)8-7-11-15(19)10-5-3-4-6-14(10)20-16(11)12/h3-8H,9,17H2,1-2H3. The third-order valence-corrected chi connectivity index (χ3v) is 3.36. The molecule has 20 heavy (non-hydrogen) atoms. The lowest BCUT2D eigenvalue weighted by Crippen LogP contribution is -2.14. The van der Waals surface area contributed by atoms with Crippen molar-refractivity contribution in [2.45, 2.75) is 6.54 Å². The van der Waals surface area contributed by atoms with Crippen LogP contribution in [-0.4, -0.2) is 19.0 Å². The van der Waals surface area contributed by atoms with Crippen LogP contribution in [0, 0.1) is 0 Å². The highest BCUT2D eigenvalue weighted by Gasteiger charge is 2.13. The van der Waals surface area contributed by atoms with Gasteiger partial charge < -0.3 is 15.1 Å². The Morgan fingerprint density at radius 2 is 1.85 bits per heavy atom. The molecule has 2 N–H and O–H groups in total. The highest BCUT2D eigenvalue weighted by Crippen LogP contribution is 2.26. The maximum Gasteiger partial charge on any atom is 0.200 e. The van der Waals surface area contributed by atoms with Gasteiger partial charge in [-0.25, -0.2) is 0 Å². The fourth-order valence-corrected chi connectivity index (χ4v) is 2.42. The van der Waals surface area contributed by atoms with Gasteiger partial charge in [-0.2, -0.15) is 0 Å². The molecule has 0 bridgehead atoms. The van der Waals surface area contributed by atoms with Gasteiger partial charge in [0.1, 0.15) is 11.2 Å². The van der Waals surface area contributed by atoms with Gasteiger partial charge in [-0.15, -0.1) is 0 Å². The summed E-state index contributed by atoms with van der Waals surface area (Å²) in [5.41, 5.74) is 8.71. The summed E-state index contributed by atoms with van der Waals surface area (Å²) in [5.74, 6) is 0. The molecule has 4 heteroatoms. The number of nitrogen functional groups attached to an aromatic ring is 1. The lowest BCUT2D eigenvalue weighted by atomic mass is 10.1. The first-order valence-electron chi connectivity index (χ1n) is 6.45. The van der Waals surface area contributed by atoms with E-state index in [0.29, 0.717) is 34.2 Å². The zero-order valence-electron chi connectivity index (χ0n) is 11.5. The van der Waals surface area contributed by atoms with Crippen LogP contribution in [0.3, 0.4) is 0 Å². The lowest BCUT2D eigenvalue weighted by molar-refractivity contribution is 0.402. The predicted octanol–water partition coefficient (Wildman–Crippen LogP) is 2.59. The molecule has 4 nitrogen and oxygen atoms in total. The van der Waals surface area contributed by atoms with Crippen LogP contribution in [0.1, 0.15) is 5.56 Å². The Balaban J connectivity index is 2.45. The van der Waals surface area contributed by atoms with Crippen LogP contribution < -0.4 is 11.2 Å². The van der Waals surface area contributed by atoms with Gasteiger partial charge in [0.2, 0.25) is 5.43 Å². The second-order valence-electron chi connectivity index (χ2n) is 5.18. The van der Waals surface area contributed by atoms with Crippen LogP contribution in [-0.2, 0) is 6.54 Å². The third-order valence-electron chi connectivity index (χ3n) is 3.36. The van der Waals surface area contributed by atoms with Crippen LogP contribution in [0.2, 0.25) is 0 Å². The Morgan fingerprint density at radius 1 is 1.10 bits per heavy atom.